The van der Waals surface area contributed by atoms with Crippen LogP contribution in [0, 0.1) is 0 Å². The largest absolute Gasteiger partial charge is 0.265 e. The minimum absolute atomic E-state index is 0.324. The van der Waals surface area contributed by atoms with Gasteiger partial charge < -0.3 is 0 Å². The Hall–Kier alpha value is -4.96. The number of rotatable bonds is 10. The molecule has 4 aromatic heterocycles. The van der Waals surface area contributed by atoms with Gasteiger partial charge in [0.1, 0.15) is 0 Å². The molecule has 0 amide bonds. The van der Waals surface area contributed by atoms with Crippen molar-refractivity contribution >= 4 is 0 Å². The van der Waals surface area contributed by atoms with Crippen molar-refractivity contribution in [3.63, 3.8) is 0 Å². The maximum absolute atomic E-state index is 5.06. The Balaban J connectivity index is 1.17. The van der Waals surface area contributed by atoms with Gasteiger partial charge in [-0.15, -0.1) is 0 Å². The fourth-order valence-electron chi connectivity index (χ4n) is 5.76. The average Bonchev–Trinajstić information content (AvgIpc) is 3.11. The summed E-state index contributed by atoms with van der Waals surface area (Å²) in [7, 11) is 0. The van der Waals surface area contributed by atoms with E-state index in [-0.39, 0.29) is 0 Å². The summed E-state index contributed by atoms with van der Waals surface area (Å²) in [4.78, 5) is 18.8. The Morgan fingerprint density at radius 1 is 0.467 bits per heavy atom. The van der Waals surface area contributed by atoms with Crippen molar-refractivity contribution < 1.29 is 0 Å². The van der Waals surface area contributed by atoms with Gasteiger partial charge in [0.25, 0.3) is 0 Å². The second kappa shape index (κ2) is 13.8. The van der Waals surface area contributed by atoms with Gasteiger partial charge in [-0.2, -0.15) is 0 Å². The van der Waals surface area contributed by atoms with Crippen molar-refractivity contribution in [2.24, 2.45) is 0 Å². The summed E-state index contributed by atoms with van der Waals surface area (Å²) < 4.78 is 0. The van der Waals surface area contributed by atoms with Crippen LogP contribution >= 0.6 is 0 Å². The van der Waals surface area contributed by atoms with Gasteiger partial charge in [-0.25, -0.2) is 0 Å². The third kappa shape index (κ3) is 7.24. The molecule has 0 bridgehead atoms. The van der Waals surface area contributed by atoms with E-state index in [1.165, 1.54) is 16.7 Å². The summed E-state index contributed by atoms with van der Waals surface area (Å²) in [5, 5.41) is 0. The van der Waals surface area contributed by atoms with Gasteiger partial charge in [0.05, 0.1) is 5.69 Å². The van der Waals surface area contributed by atoms with Crippen LogP contribution in [-0.4, -0.2) is 19.9 Å². The standard InChI is InChI=1S/C41H40N4/c1-28(2)39-25-37(32-17-20-42-21-18-32)26-41(45-39)35-12-8-11-33(23-35)34-19-22-43-40(24-34)30(4)14-13-29(3)38-16-15-36(27-44-38)31-9-6-5-7-10-31/h5-12,15-30H,13-14H2,1-4H3. The normalized spacial score (nSPS) is 12.6. The van der Waals surface area contributed by atoms with Gasteiger partial charge >= 0.3 is 0 Å². The zero-order valence-corrected chi connectivity index (χ0v) is 26.6. The molecule has 45 heavy (non-hydrogen) atoms. The van der Waals surface area contributed by atoms with E-state index in [2.05, 4.69) is 130 Å². The lowest BCUT2D eigenvalue weighted by atomic mass is 9.92. The van der Waals surface area contributed by atoms with E-state index in [1.54, 1.807) is 0 Å². The lowest BCUT2D eigenvalue weighted by Crippen LogP contribution is -2.02. The Labute approximate surface area is 267 Å². The third-order valence-corrected chi connectivity index (χ3v) is 8.66. The molecular weight excluding hydrogens is 548 g/mol. The Morgan fingerprint density at radius 3 is 1.84 bits per heavy atom. The van der Waals surface area contributed by atoms with Crippen LogP contribution in [0.3, 0.4) is 0 Å². The summed E-state index contributed by atoms with van der Waals surface area (Å²) in [5.74, 6) is 1.04. The van der Waals surface area contributed by atoms with Crippen molar-refractivity contribution in [3.8, 4) is 44.6 Å². The first-order valence-corrected chi connectivity index (χ1v) is 15.9. The van der Waals surface area contributed by atoms with Gasteiger partial charge in [-0.05, 0) is 107 Å². The highest BCUT2D eigenvalue weighted by Crippen LogP contribution is 2.33. The van der Waals surface area contributed by atoms with E-state index in [0.29, 0.717) is 17.8 Å². The zero-order chi connectivity index (χ0) is 31.2. The Bertz CT molecular complexity index is 1850. The van der Waals surface area contributed by atoms with Crippen LogP contribution in [0.2, 0.25) is 0 Å². The van der Waals surface area contributed by atoms with Crippen molar-refractivity contribution in [1.29, 1.82) is 0 Å². The topological polar surface area (TPSA) is 51.6 Å². The minimum Gasteiger partial charge on any atom is -0.265 e. The summed E-state index contributed by atoms with van der Waals surface area (Å²) in [6.45, 7) is 8.94. The van der Waals surface area contributed by atoms with E-state index in [4.69, 9.17) is 15.0 Å². The molecule has 0 radical (unpaired) electrons. The fraction of sp³-hybridized carbons (Fsp3) is 0.220. The van der Waals surface area contributed by atoms with Crippen molar-refractivity contribution in [2.75, 3.05) is 0 Å². The average molecular weight is 589 g/mol. The van der Waals surface area contributed by atoms with E-state index in [9.17, 15) is 0 Å². The van der Waals surface area contributed by atoms with Gasteiger partial charge in [0, 0.05) is 53.0 Å². The third-order valence-electron chi connectivity index (χ3n) is 8.66. The molecule has 0 aliphatic carbocycles. The highest BCUT2D eigenvalue weighted by Gasteiger charge is 2.15. The number of aromatic nitrogens is 4. The molecule has 0 saturated carbocycles. The van der Waals surface area contributed by atoms with Crippen molar-refractivity contribution in [2.45, 2.75) is 58.3 Å². The Kier molecular flexibility index (Phi) is 9.21. The molecule has 0 aliphatic rings. The van der Waals surface area contributed by atoms with Crippen molar-refractivity contribution in [1.82, 2.24) is 19.9 Å². The molecule has 4 nitrogen and oxygen atoms in total. The van der Waals surface area contributed by atoms with Crippen LogP contribution in [0.25, 0.3) is 44.6 Å². The molecule has 2 unspecified atom stereocenters. The number of nitrogens with zero attached hydrogens (tertiary/aromatic N) is 4. The first-order chi connectivity index (χ1) is 21.9. The molecule has 2 atom stereocenters. The van der Waals surface area contributed by atoms with E-state index < -0.39 is 0 Å². The predicted octanol–water partition coefficient (Wildman–Crippen LogP) is 10.7. The van der Waals surface area contributed by atoms with Gasteiger partial charge in [-0.1, -0.05) is 82.3 Å². The van der Waals surface area contributed by atoms with E-state index >= 15 is 0 Å². The summed E-state index contributed by atoms with van der Waals surface area (Å²) in [6.07, 6.45) is 9.72. The molecular formula is C41H40N4. The number of pyridine rings is 4. The van der Waals surface area contributed by atoms with Crippen LogP contribution in [0.15, 0.2) is 128 Å². The van der Waals surface area contributed by atoms with Crippen LogP contribution < -0.4 is 0 Å². The summed E-state index contributed by atoms with van der Waals surface area (Å²) in [5.41, 5.74) is 12.4. The maximum atomic E-state index is 5.06. The van der Waals surface area contributed by atoms with Crippen LogP contribution in [0.5, 0.6) is 0 Å². The minimum atomic E-state index is 0.324. The highest BCUT2D eigenvalue weighted by molar-refractivity contribution is 5.75. The quantitative estimate of drug-likeness (QED) is 0.160. The van der Waals surface area contributed by atoms with Crippen molar-refractivity contribution in [3.05, 3.63) is 145 Å². The van der Waals surface area contributed by atoms with Crippen LogP contribution in [0.4, 0.5) is 0 Å². The van der Waals surface area contributed by atoms with Crippen LogP contribution in [-0.2, 0) is 0 Å². The lowest BCUT2D eigenvalue weighted by Gasteiger charge is -2.16. The zero-order valence-electron chi connectivity index (χ0n) is 26.6. The molecule has 0 N–H and O–H groups in total. The second-order valence-electron chi connectivity index (χ2n) is 12.3. The molecule has 6 rings (SSSR count). The maximum Gasteiger partial charge on any atom is 0.0711 e. The second-order valence-corrected chi connectivity index (χ2v) is 12.3. The lowest BCUT2D eigenvalue weighted by molar-refractivity contribution is 0.558. The Morgan fingerprint density at radius 2 is 1.11 bits per heavy atom. The predicted molar refractivity (Wildman–Crippen MR) is 186 cm³/mol. The monoisotopic (exact) mass is 588 g/mol. The fourth-order valence-corrected chi connectivity index (χ4v) is 5.76. The molecule has 0 aliphatic heterocycles. The highest BCUT2D eigenvalue weighted by atomic mass is 14.7. The summed E-state index contributed by atoms with van der Waals surface area (Å²) in [6, 6.07) is 36.3. The number of hydrogen-bond acceptors (Lipinski definition) is 4. The van der Waals surface area contributed by atoms with Gasteiger partial charge in [0.2, 0.25) is 0 Å². The van der Waals surface area contributed by atoms with Gasteiger partial charge in [0.15, 0.2) is 0 Å². The number of benzene rings is 2. The molecule has 0 saturated heterocycles. The first-order valence-electron chi connectivity index (χ1n) is 15.9. The molecule has 4 heteroatoms. The smallest absolute Gasteiger partial charge is 0.0711 e. The molecule has 2 aromatic carbocycles. The van der Waals surface area contributed by atoms with E-state index in [0.717, 1.165) is 57.9 Å². The van der Waals surface area contributed by atoms with Gasteiger partial charge in [-0.3, -0.25) is 19.9 Å². The molecule has 4 heterocycles. The number of hydrogen-bond donors (Lipinski definition) is 0. The summed E-state index contributed by atoms with van der Waals surface area (Å²) >= 11 is 0. The molecule has 6 aromatic rings. The molecule has 0 fully saturated rings. The first kappa shape index (κ1) is 30.1. The van der Waals surface area contributed by atoms with Crippen LogP contribution in [0.1, 0.15) is 75.4 Å². The molecule has 0 spiro atoms. The SMILES string of the molecule is CC(C)c1cc(-c2ccncc2)cc(-c2cccc(-c3ccnc(C(C)CCC(C)c4ccc(-c5ccccc5)cn4)c3)c2)n1. The van der Waals surface area contributed by atoms with E-state index in [1.807, 2.05) is 30.9 Å². The molecule has 224 valence electrons.